The second-order valence-electron chi connectivity index (χ2n) is 7.17. The summed E-state index contributed by atoms with van der Waals surface area (Å²) in [5.41, 5.74) is 2.39. The van der Waals surface area contributed by atoms with Gasteiger partial charge in [0.15, 0.2) is 0 Å². The van der Waals surface area contributed by atoms with Gasteiger partial charge in [-0.05, 0) is 35.4 Å². The third kappa shape index (κ3) is 5.39. The number of nitrogens with zero attached hydrogens (tertiary/aromatic N) is 5. The highest BCUT2D eigenvalue weighted by Crippen LogP contribution is 2.21. The van der Waals surface area contributed by atoms with Gasteiger partial charge in [-0.1, -0.05) is 36.4 Å². The number of benzene rings is 2. The number of tetrazole rings is 1. The number of amides is 2. The molecule has 0 saturated heterocycles. The molecule has 10 nitrogen and oxygen atoms in total. The summed E-state index contributed by atoms with van der Waals surface area (Å²) in [4.78, 5) is 33.1. The Morgan fingerprint density at radius 2 is 1.82 bits per heavy atom. The molecular formula is C22H19FN8O2. The van der Waals surface area contributed by atoms with E-state index in [0.717, 1.165) is 16.7 Å². The van der Waals surface area contributed by atoms with Gasteiger partial charge in [0.05, 0.1) is 5.92 Å². The lowest BCUT2D eigenvalue weighted by atomic mass is 9.99. The average Bonchev–Trinajstić information content (AvgIpc) is 3.38. The zero-order valence-corrected chi connectivity index (χ0v) is 17.5. The Balaban J connectivity index is 1.37. The minimum absolute atomic E-state index is 0.0968. The van der Waals surface area contributed by atoms with Crippen molar-refractivity contribution in [3.63, 3.8) is 0 Å². The summed E-state index contributed by atoms with van der Waals surface area (Å²) in [6, 6.07) is 14.4. The standard InChI is InChI=1S/C22H19FN8O2/c1-13(15-4-6-16(7-5-15)20-28-30-31-29-20)21(32)27-19-10-18(25-12-26-19)22(33)24-11-14-2-8-17(23)9-3-14/h2-10,12-13H,11H2,1H3,(H,24,33)(H,25,26,27,32)(H,28,29,30,31)/t13-/m0/s1. The van der Waals surface area contributed by atoms with Crippen LogP contribution in [0.4, 0.5) is 10.2 Å². The van der Waals surface area contributed by atoms with Crippen molar-refractivity contribution in [2.75, 3.05) is 5.32 Å². The van der Waals surface area contributed by atoms with Gasteiger partial charge in [-0.3, -0.25) is 9.59 Å². The molecule has 3 N–H and O–H groups in total. The lowest BCUT2D eigenvalue weighted by molar-refractivity contribution is -0.117. The van der Waals surface area contributed by atoms with Gasteiger partial charge in [-0.15, -0.1) is 10.2 Å². The molecule has 2 aromatic carbocycles. The number of anilines is 1. The molecule has 0 aliphatic heterocycles. The van der Waals surface area contributed by atoms with Crippen molar-refractivity contribution in [3.8, 4) is 11.4 Å². The number of hydrogen-bond donors (Lipinski definition) is 3. The van der Waals surface area contributed by atoms with E-state index in [2.05, 4.69) is 41.2 Å². The number of carbonyl (C=O) groups is 2. The van der Waals surface area contributed by atoms with E-state index in [0.29, 0.717) is 5.82 Å². The van der Waals surface area contributed by atoms with Crippen LogP contribution in [0, 0.1) is 5.82 Å². The van der Waals surface area contributed by atoms with Crippen molar-refractivity contribution in [1.82, 2.24) is 35.9 Å². The molecule has 0 aliphatic carbocycles. The number of nitrogens with one attached hydrogen (secondary N) is 3. The maximum Gasteiger partial charge on any atom is 0.270 e. The Morgan fingerprint density at radius 3 is 2.52 bits per heavy atom. The molecule has 2 aromatic heterocycles. The maximum atomic E-state index is 13.0. The highest BCUT2D eigenvalue weighted by Gasteiger charge is 2.17. The molecule has 33 heavy (non-hydrogen) atoms. The Morgan fingerprint density at radius 1 is 1.06 bits per heavy atom. The lowest BCUT2D eigenvalue weighted by Crippen LogP contribution is -2.25. The number of carbonyl (C=O) groups excluding carboxylic acids is 2. The van der Waals surface area contributed by atoms with Crippen LogP contribution in [0.25, 0.3) is 11.4 Å². The van der Waals surface area contributed by atoms with Gasteiger partial charge in [-0.25, -0.2) is 14.4 Å². The summed E-state index contributed by atoms with van der Waals surface area (Å²) in [6.07, 6.45) is 1.20. The van der Waals surface area contributed by atoms with Crippen LogP contribution in [0.3, 0.4) is 0 Å². The van der Waals surface area contributed by atoms with E-state index in [-0.39, 0.29) is 29.8 Å². The topological polar surface area (TPSA) is 138 Å². The largest absolute Gasteiger partial charge is 0.347 e. The fraction of sp³-hybridized carbons (Fsp3) is 0.136. The third-order valence-electron chi connectivity index (χ3n) is 4.92. The lowest BCUT2D eigenvalue weighted by Gasteiger charge is -2.13. The minimum atomic E-state index is -0.477. The first-order valence-electron chi connectivity index (χ1n) is 9.99. The van der Waals surface area contributed by atoms with Gasteiger partial charge in [0.25, 0.3) is 5.91 Å². The second-order valence-corrected chi connectivity index (χ2v) is 7.17. The van der Waals surface area contributed by atoms with Crippen LogP contribution in [0.2, 0.25) is 0 Å². The summed E-state index contributed by atoms with van der Waals surface area (Å²) < 4.78 is 13.0. The normalized spacial score (nSPS) is 11.6. The number of rotatable bonds is 7. The van der Waals surface area contributed by atoms with Crippen LogP contribution in [0.1, 0.15) is 34.5 Å². The fourth-order valence-electron chi connectivity index (χ4n) is 3.02. The van der Waals surface area contributed by atoms with Crippen LogP contribution < -0.4 is 10.6 Å². The van der Waals surface area contributed by atoms with Crippen LogP contribution in [-0.4, -0.2) is 42.4 Å². The third-order valence-corrected chi connectivity index (χ3v) is 4.92. The van der Waals surface area contributed by atoms with Crippen LogP contribution >= 0.6 is 0 Å². The molecular weight excluding hydrogens is 427 g/mol. The molecule has 0 fully saturated rings. The quantitative estimate of drug-likeness (QED) is 0.396. The highest BCUT2D eigenvalue weighted by molar-refractivity contribution is 5.97. The second kappa shape index (κ2) is 9.73. The molecule has 0 bridgehead atoms. The van der Waals surface area contributed by atoms with Crippen molar-refractivity contribution in [3.05, 3.63) is 83.6 Å². The maximum absolute atomic E-state index is 13.0. The van der Waals surface area contributed by atoms with Gasteiger partial charge in [0.2, 0.25) is 11.7 Å². The molecule has 0 saturated carbocycles. The summed E-state index contributed by atoms with van der Waals surface area (Å²) in [6.45, 7) is 1.97. The molecule has 0 spiro atoms. The van der Waals surface area contributed by atoms with E-state index in [1.54, 1.807) is 31.2 Å². The van der Waals surface area contributed by atoms with Crippen molar-refractivity contribution < 1.29 is 14.0 Å². The molecule has 0 radical (unpaired) electrons. The predicted molar refractivity (Wildman–Crippen MR) is 116 cm³/mol. The molecule has 11 heteroatoms. The van der Waals surface area contributed by atoms with E-state index < -0.39 is 11.8 Å². The van der Waals surface area contributed by atoms with Crippen LogP contribution in [-0.2, 0) is 11.3 Å². The van der Waals surface area contributed by atoms with Gasteiger partial charge in [0, 0.05) is 18.2 Å². The number of H-pyrrole nitrogens is 1. The van der Waals surface area contributed by atoms with E-state index in [1.165, 1.54) is 24.5 Å². The predicted octanol–water partition coefficient (Wildman–Crippen LogP) is 2.47. The Bertz CT molecular complexity index is 1240. The SMILES string of the molecule is C[C@H](C(=O)Nc1cc(C(=O)NCc2ccc(F)cc2)ncn1)c1ccc(-c2nn[nH]n2)cc1. The van der Waals surface area contributed by atoms with Crippen LogP contribution in [0.5, 0.6) is 0 Å². The monoisotopic (exact) mass is 446 g/mol. The summed E-state index contributed by atoms with van der Waals surface area (Å²) in [7, 11) is 0. The smallest absolute Gasteiger partial charge is 0.270 e. The molecule has 0 unspecified atom stereocenters. The van der Waals surface area contributed by atoms with Crippen LogP contribution in [0.15, 0.2) is 60.9 Å². The zero-order valence-electron chi connectivity index (χ0n) is 17.5. The summed E-state index contributed by atoms with van der Waals surface area (Å²) in [5.74, 6) is -0.892. The zero-order chi connectivity index (χ0) is 23.2. The van der Waals surface area contributed by atoms with E-state index in [4.69, 9.17) is 0 Å². The molecule has 1 atom stereocenters. The molecule has 2 heterocycles. The minimum Gasteiger partial charge on any atom is -0.347 e. The molecule has 0 aliphatic rings. The van der Waals surface area contributed by atoms with Crippen molar-refractivity contribution in [2.45, 2.75) is 19.4 Å². The van der Waals surface area contributed by atoms with Crippen molar-refractivity contribution >= 4 is 17.6 Å². The fourth-order valence-corrected chi connectivity index (χ4v) is 3.02. The first kappa shape index (κ1) is 21.7. The molecule has 2 amide bonds. The van der Waals surface area contributed by atoms with Gasteiger partial charge < -0.3 is 10.6 Å². The molecule has 4 aromatic rings. The van der Waals surface area contributed by atoms with Crippen molar-refractivity contribution in [1.29, 1.82) is 0 Å². The average molecular weight is 446 g/mol. The van der Waals surface area contributed by atoms with E-state index >= 15 is 0 Å². The van der Waals surface area contributed by atoms with E-state index in [9.17, 15) is 14.0 Å². The molecule has 166 valence electrons. The molecule has 4 rings (SSSR count). The van der Waals surface area contributed by atoms with Gasteiger partial charge >= 0.3 is 0 Å². The number of aromatic nitrogens is 6. The first-order valence-corrected chi connectivity index (χ1v) is 9.99. The van der Waals surface area contributed by atoms with Crippen molar-refractivity contribution in [2.24, 2.45) is 0 Å². The van der Waals surface area contributed by atoms with E-state index in [1.807, 2.05) is 12.1 Å². The first-order chi connectivity index (χ1) is 16.0. The van der Waals surface area contributed by atoms with Gasteiger partial charge in [0.1, 0.15) is 23.7 Å². The summed E-state index contributed by atoms with van der Waals surface area (Å²) >= 11 is 0. The highest BCUT2D eigenvalue weighted by atomic mass is 19.1. The van der Waals surface area contributed by atoms with Gasteiger partial charge in [-0.2, -0.15) is 5.21 Å². The number of hydrogen-bond acceptors (Lipinski definition) is 7. The number of halogens is 1. The Labute approximate surface area is 187 Å². The number of aromatic amines is 1. The Kier molecular flexibility index (Phi) is 6.39. The Hall–Kier alpha value is -4.54. The summed E-state index contributed by atoms with van der Waals surface area (Å²) in [5, 5.41) is 19.2.